The van der Waals surface area contributed by atoms with E-state index in [-0.39, 0.29) is 22.3 Å². The number of nitrogens with zero attached hydrogens (tertiary/aromatic N) is 2. The lowest BCUT2D eigenvalue weighted by Gasteiger charge is -2.09. The Balaban J connectivity index is 2.52. The predicted octanol–water partition coefficient (Wildman–Crippen LogP) is 1.77. The number of nitrogens with one attached hydrogen (secondary N) is 1. The van der Waals surface area contributed by atoms with Gasteiger partial charge in [0.1, 0.15) is 0 Å². The van der Waals surface area contributed by atoms with Gasteiger partial charge in [0.25, 0.3) is 0 Å². The topological polar surface area (TPSA) is 84.2 Å². The van der Waals surface area contributed by atoms with Gasteiger partial charge in [-0.05, 0) is 12.1 Å². The van der Waals surface area contributed by atoms with Crippen LogP contribution in [0.4, 0.5) is 18.9 Å². The van der Waals surface area contributed by atoms with Gasteiger partial charge in [0.15, 0.2) is 0 Å². The first-order chi connectivity index (χ1) is 9.20. The van der Waals surface area contributed by atoms with Gasteiger partial charge in [-0.25, -0.2) is 9.78 Å². The SMILES string of the molecule is Cn1cnc2cc(NC(=O)C(F)(F)F)cc(C(=O)O)c21. The molecule has 1 aromatic carbocycles. The molecule has 9 heteroatoms. The molecule has 1 aromatic heterocycles. The highest BCUT2D eigenvalue weighted by Crippen LogP contribution is 2.25. The molecule has 0 unspecified atom stereocenters. The van der Waals surface area contributed by atoms with Crippen molar-refractivity contribution in [1.29, 1.82) is 0 Å². The number of anilines is 1. The van der Waals surface area contributed by atoms with E-state index in [1.54, 1.807) is 12.4 Å². The number of fused-ring (bicyclic) bond motifs is 1. The second-order valence-corrected chi connectivity index (χ2v) is 4.00. The monoisotopic (exact) mass is 287 g/mol. The molecule has 6 nitrogen and oxygen atoms in total. The second-order valence-electron chi connectivity index (χ2n) is 4.00. The Kier molecular flexibility index (Phi) is 3.12. The van der Waals surface area contributed by atoms with Crippen LogP contribution in [0.1, 0.15) is 10.4 Å². The summed E-state index contributed by atoms with van der Waals surface area (Å²) in [5.41, 5.74) is -0.108. The molecule has 20 heavy (non-hydrogen) atoms. The number of aromatic carboxylic acids is 1. The lowest BCUT2D eigenvalue weighted by molar-refractivity contribution is -0.167. The number of aromatic nitrogens is 2. The van der Waals surface area contributed by atoms with Gasteiger partial charge in [0, 0.05) is 12.7 Å². The average Bonchev–Trinajstić information content (AvgIpc) is 2.69. The molecule has 2 N–H and O–H groups in total. The average molecular weight is 287 g/mol. The van der Waals surface area contributed by atoms with E-state index in [0.29, 0.717) is 0 Å². The zero-order chi connectivity index (χ0) is 15.1. The van der Waals surface area contributed by atoms with E-state index in [0.717, 1.165) is 6.07 Å². The summed E-state index contributed by atoms with van der Waals surface area (Å²) >= 11 is 0. The first kappa shape index (κ1) is 13.8. The summed E-state index contributed by atoms with van der Waals surface area (Å²) in [6, 6.07) is 2.13. The quantitative estimate of drug-likeness (QED) is 0.881. The Morgan fingerprint density at radius 1 is 1.35 bits per heavy atom. The molecule has 0 saturated carbocycles. The van der Waals surface area contributed by atoms with Crippen molar-refractivity contribution in [2.45, 2.75) is 6.18 Å². The molecule has 1 amide bonds. The van der Waals surface area contributed by atoms with Crippen LogP contribution in [0.15, 0.2) is 18.5 Å². The third-order valence-electron chi connectivity index (χ3n) is 2.56. The van der Waals surface area contributed by atoms with Gasteiger partial charge in [0.05, 0.1) is 22.9 Å². The molecule has 0 bridgehead atoms. The highest BCUT2D eigenvalue weighted by atomic mass is 19.4. The molecule has 0 radical (unpaired) electrons. The lowest BCUT2D eigenvalue weighted by Crippen LogP contribution is -2.30. The number of aryl methyl sites for hydroxylation is 1. The zero-order valence-electron chi connectivity index (χ0n) is 10.0. The summed E-state index contributed by atoms with van der Waals surface area (Å²) in [5, 5.41) is 10.7. The third-order valence-corrected chi connectivity index (χ3v) is 2.56. The smallest absolute Gasteiger partial charge is 0.471 e. The number of hydrogen-bond donors (Lipinski definition) is 2. The number of amides is 1. The van der Waals surface area contributed by atoms with Crippen molar-refractivity contribution >= 4 is 28.6 Å². The zero-order valence-corrected chi connectivity index (χ0v) is 10.0. The number of rotatable bonds is 2. The summed E-state index contributed by atoms with van der Waals surface area (Å²) in [6.07, 6.45) is -3.73. The number of carbonyl (C=O) groups excluding carboxylic acids is 1. The second kappa shape index (κ2) is 4.51. The van der Waals surface area contributed by atoms with Crippen LogP contribution in [0.2, 0.25) is 0 Å². The van der Waals surface area contributed by atoms with E-state index in [1.807, 2.05) is 0 Å². The van der Waals surface area contributed by atoms with Gasteiger partial charge in [-0.1, -0.05) is 0 Å². The Morgan fingerprint density at radius 2 is 2.00 bits per heavy atom. The minimum Gasteiger partial charge on any atom is -0.478 e. The fourth-order valence-electron chi connectivity index (χ4n) is 1.73. The van der Waals surface area contributed by atoms with Gasteiger partial charge in [-0.2, -0.15) is 13.2 Å². The summed E-state index contributed by atoms with van der Waals surface area (Å²) in [5.74, 6) is -3.51. The minimum atomic E-state index is -5.05. The molecule has 0 fully saturated rings. The van der Waals surface area contributed by atoms with Crippen molar-refractivity contribution < 1.29 is 27.9 Å². The summed E-state index contributed by atoms with van der Waals surface area (Å²) < 4.78 is 37.9. The number of carboxylic acid groups (broad SMARTS) is 1. The maximum absolute atomic E-state index is 12.2. The fraction of sp³-hybridized carbons (Fsp3) is 0.182. The Morgan fingerprint density at radius 3 is 2.55 bits per heavy atom. The Labute approximate surface area is 109 Å². The maximum Gasteiger partial charge on any atom is 0.471 e. The van der Waals surface area contributed by atoms with Crippen molar-refractivity contribution in [1.82, 2.24) is 9.55 Å². The van der Waals surface area contributed by atoms with Crippen molar-refractivity contribution in [3.8, 4) is 0 Å². The standard InChI is InChI=1S/C11H8F3N3O3/c1-17-4-15-7-3-5(16-10(20)11(12,13)14)2-6(8(7)17)9(18)19/h2-4H,1H3,(H,16,20)(H,18,19). The molecule has 1 heterocycles. The molecule has 0 spiro atoms. The summed E-state index contributed by atoms with van der Waals surface area (Å²) in [7, 11) is 1.55. The van der Waals surface area contributed by atoms with E-state index in [1.165, 1.54) is 17.0 Å². The fourth-order valence-corrected chi connectivity index (χ4v) is 1.73. The number of halogens is 3. The van der Waals surface area contributed by atoms with Gasteiger partial charge >= 0.3 is 18.1 Å². The van der Waals surface area contributed by atoms with Crippen LogP contribution < -0.4 is 5.32 Å². The van der Waals surface area contributed by atoms with Crippen molar-refractivity contribution in [3.63, 3.8) is 0 Å². The molecule has 0 aliphatic rings. The number of carboxylic acids is 1. The molecular weight excluding hydrogens is 279 g/mol. The molecule has 0 saturated heterocycles. The van der Waals surface area contributed by atoms with Crippen LogP contribution in [0.25, 0.3) is 11.0 Å². The van der Waals surface area contributed by atoms with Crippen molar-refractivity contribution in [2.75, 3.05) is 5.32 Å². The molecule has 0 atom stereocenters. The molecule has 2 aromatic rings. The molecule has 0 aliphatic carbocycles. The normalized spacial score (nSPS) is 11.6. The highest BCUT2D eigenvalue weighted by Gasteiger charge is 2.38. The number of benzene rings is 1. The van der Waals surface area contributed by atoms with Crippen LogP contribution in [-0.4, -0.2) is 32.7 Å². The van der Waals surface area contributed by atoms with E-state index in [9.17, 15) is 22.8 Å². The van der Waals surface area contributed by atoms with Crippen LogP contribution in [0.5, 0.6) is 0 Å². The highest BCUT2D eigenvalue weighted by molar-refractivity contribution is 6.05. The van der Waals surface area contributed by atoms with Crippen molar-refractivity contribution in [3.05, 3.63) is 24.0 Å². The van der Waals surface area contributed by atoms with Crippen LogP contribution in [-0.2, 0) is 11.8 Å². The number of hydrogen-bond acceptors (Lipinski definition) is 3. The van der Waals surface area contributed by atoms with E-state index >= 15 is 0 Å². The largest absolute Gasteiger partial charge is 0.478 e. The maximum atomic E-state index is 12.2. The summed E-state index contributed by atoms with van der Waals surface area (Å²) in [4.78, 5) is 25.8. The number of alkyl halides is 3. The Bertz CT molecular complexity index is 706. The van der Waals surface area contributed by atoms with Crippen molar-refractivity contribution in [2.24, 2.45) is 7.05 Å². The predicted molar refractivity (Wildman–Crippen MR) is 62.4 cm³/mol. The van der Waals surface area contributed by atoms with E-state index in [2.05, 4.69) is 4.98 Å². The van der Waals surface area contributed by atoms with Crippen LogP contribution >= 0.6 is 0 Å². The molecule has 106 valence electrons. The van der Waals surface area contributed by atoms with E-state index < -0.39 is 18.1 Å². The van der Waals surface area contributed by atoms with Crippen LogP contribution in [0.3, 0.4) is 0 Å². The van der Waals surface area contributed by atoms with Crippen LogP contribution in [0, 0.1) is 0 Å². The number of carbonyl (C=O) groups is 2. The van der Waals surface area contributed by atoms with Gasteiger partial charge in [-0.3, -0.25) is 4.79 Å². The van der Waals surface area contributed by atoms with Gasteiger partial charge in [0.2, 0.25) is 0 Å². The Hall–Kier alpha value is -2.58. The van der Waals surface area contributed by atoms with Gasteiger partial charge < -0.3 is 15.0 Å². The lowest BCUT2D eigenvalue weighted by atomic mass is 10.1. The minimum absolute atomic E-state index is 0.171. The molecule has 2 rings (SSSR count). The van der Waals surface area contributed by atoms with E-state index in [4.69, 9.17) is 5.11 Å². The molecular formula is C11H8F3N3O3. The first-order valence-electron chi connectivity index (χ1n) is 5.26. The van der Waals surface area contributed by atoms with Gasteiger partial charge in [-0.15, -0.1) is 0 Å². The first-order valence-corrected chi connectivity index (χ1v) is 5.26. The summed E-state index contributed by atoms with van der Waals surface area (Å²) in [6.45, 7) is 0. The third kappa shape index (κ3) is 2.42. The molecule has 0 aliphatic heterocycles. The number of imidazole rings is 1.